The number of hydrogen-bond acceptors (Lipinski definition) is 16. The largest absolute Gasteiger partial charge is 0.465 e. The highest BCUT2D eigenvalue weighted by atomic mass is 16.6. The maximum absolute atomic E-state index is 12.6. The Morgan fingerprint density at radius 1 is 0.447 bits per heavy atom. The second-order valence-corrected chi connectivity index (χ2v) is 34.9. The molecule has 0 aromatic carbocycles. The van der Waals surface area contributed by atoms with E-state index in [9.17, 15) is 38.4 Å². The van der Waals surface area contributed by atoms with E-state index in [1.807, 2.05) is 90.0 Å². The molecular formula is C78H126O16. The van der Waals surface area contributed by atoms with Crippen LogP contribution in [0.2, 0.25) is 0 Å². The smallest absolute Gasteiger partial charge is 0.347 e. The second kappa shape index (κ2) is 30.1. The standard InChI is InChI=1S/C22H34O4.C21H34O4.C20H32O4.C15H26O4/c1-5-21(3,4)20(24)25-12-17(23)26-22(6-2)11-15-10-16(22)19-14-8-7-13(9-14)18(15)19;1-5-20(2,3)19(23)24-8-6-7-18(22)25-21(4)16-10-14-9-15(12-16)13-17(21)11-14;1-6-19(3,4)18(22)23-12(2)17(21)24-20(5)15-8-13-7-14(10-15)11-16(20)9-13;1-5-14(2,3)13(17)18-11-12(16)19-15(4)9-7-6-8-10-15/h13-16,18-19H,5-12H2,1-4H3;14-17H,5-13H2,1-4H3;12-16H,6-11H2,1-5H3;5-11H2,1-4H3. The summed E-state index contributed by atoms with van der Waals surface area (Å²) in [7, 11) is 0. The van der Waals surface area contributed by atoms with Crippen LogP contribution in [0.4, 0.5) is 0 Å². The third-order valence-electron chi connectivity index (χ3n) is 27.0. The maximum atomic E-state index is 12.6. The maximum Gasteiger partial charge on any atom is 0.347 e. The van der Waals surface area contributed by atoms with Crippen LogP contribution in [0.25, 0.3) is 0 Å². The lowest BCUT2D eigenvalue weighted by Gasteiger charge is -2.59. The van der Waals surface area contributed by atoms with Crippen molar-refractivity contribution in [2.75, 3.05) is 19.8 Å². The van der Waals surface area contributed by atoms with Gasteiger partial charge >= 0.3 is 47.8 Å². The van der Waals surface area contributed by atoms with Crippen LogP contribution in [0.15, 0.2) is 0 Å². The zero-order valence-electron chi connectivity index (χ0n) is 61.4. The first-order valence-electron chi connectivity index (χ1n) is 37.6. The fourth-order valence-electron chi connectivity index (χ4n) is 19.6. The molecule has 534 valence electrons. The molecule has 16 heteroatoms. The molecule has 8 atom stereocenters. The molecule has 13 aliphatic rings. The Hall–Kier alpha value is -4.24. The van der Waals surface area contributed by atoms with E-state index in [1.165, 1.54) is 96.3 Å². The minimum absolute atomic E-state index is 0.124. The molecule has 13 rings (SSSR count). The number of esters is 8. The lowest BCUT2D eigenvalue weighted by molar-refractivity contribution is -0.213. The summed E-state index contributed by atoms with van der Waals surface area (Å²) in [5, 5.41) is 0. The van der Waals surface area contributed by atoms with E-state index in [1.54, 1.807) is 6.92 Å². The van der Waals surface area contributed by atoms with Gasteiger partial charge in [0, 0.05) is 12.3 Å². The van der Waals surface area contributed by atoms with E-state index < -0.39 is 33.7 Å². The highest BCUT2D eigenvalue weighted by Gasteiger charge is 2.68. The monoisotopic (exact) mass is 1320 g/mol. The fourth-order valence-corrected chi connectivity index (χ4v) is 19.6. The Bertz CT molecular complexity index is 2620. The molecule has 0 N–H and O–H groups in total. The first-order chi connectivity index (χ1) is 44.0. The van der Waals surface area contributed by atoms with Gasteiger partial charge in [0.2, 0.25) is 0 Å². The van der Waals surface area contributed by atoms with Crippen molar-refractivity contribution in [2.24, 2.45) is 105 Å². The summed E-state index contributed by atoms with van der Waals surface area (Å²) < 4.78 is 44.6. The van der Waals surface area contributed by atoms with Crippen molar-refractivity contribution in [2.45, 2.75) is 320 Å². The minimum atomic E-state index is -0.836. The summed E-state index contributed by atoms with van der Waals surface area (Å²) in [4.78, 5) is 97.2. The molecule has 8 unspecified atom stereocenters. The van der Waals surface area contributed by atoms with Gasteiger partial charge in [-0.05, 0) is 321 Å². The Kier molecular flexibility index (Phi) is 24.2. The van der Waals surface area contributed by atoms with Gasteiger partial charge < -0.3 is 37.9 Å². The molecule has 13 fully saturated rings. The average Bonchev–Trinajstić information content (AvgIpc) is 1.48. The Labute approximate surface area is 565 Å². The Balaban J connectivity index is 0.000000162. The van der Waals surface area contributed by atoms with Gasteiger partial charge in [-0.3, -0.25) is 24.0 Å². The minimum Gasteiger partial charge on any atom is -0.465 e. The van der Waals surface area contributed by atoms with Crippen LogP contribution in [0.1, 0.15) is 291 Å². The third-order valence-corrected chi connectivity index (χ3v) is 27.0. The molecule has 16 nitrogen and oxygen atoms in total. The van der Waals surface area contributed by atoms with E-state index in [0.717, 1.165) is 98.2 Å². The molecule has 13 saturated carbocycles. The van der Waals surface area contributed by atoms with E-state index in [0.29, 0.717) is 68.3 Å². The van der Waals surface area contributed by atoms with Gasteiger partial charge in [0.1, 0.15) is 22.4 Å². The van der Waals surface area contributed by atoms with Crippen molar-refractivity contribution in [3.63, 3.8) is 0 Å². The van der Waals surface area contributed by atoms with Gasteiger partial charge in [0.05, 0.1) is 28.3 Å². The lowest BCUT2D eigenvalue weighted by Crippen LogP contribution is -2.58. The number of carbonyl (C=O) groups excluding carboxylic acids is 8. The van der Waals surface area contributed by atoms with Crippen LogP contribution in [0.3, 0.4) is 0 Å². The summed E-state index contributed by atoms with van der Waals surface area (Å²) in [6, 6.07) is 0. The highest BCUT2D eigenvalue weighted by molar-refractivity contribution is 5.82. The molecule has 13 aliphatic carbocycles. The molecule has 12 bridgehead atoms. The Morgan fingerprint density at radius 3 is 1.31 bits per heavy atom. The van der Waals surface area contributed by atoms with Crippen LogP contribution >= 0.6 is 0 Å². The summed E-state index contributed by atoms with van der Waals surface area (Å²) in [5.74, 6) is 7.76. The lowest BCUT2D eigenvalue weighted by atomic mass is 9.50. The van der Waals surface area contributed by atoms with E-state index in [4.69, 9.17) is 37.9 Å². The van der Waals surface area contributed by atoms with Crippen LogP contribution in [0.5, 0.6) is 0 Å². The molecule has 0 amide bonds. The number of ether oxygens (including phenoxy) is 8. The molecule has 0 spiro atoms. The third kappa shape index (κ3) is 16.9. The van der Waals surface area contributed by atoms with Gasteiger partial charge in [0.25, 0.3) is 0 Å². The average molecular weight is 1320 g/mol. The summed E-state index contributed by atoms with van der Waals surface area (Å²) in [5.41, 5.74) is -3.42. The molecule has 0 heterocycles. The summed E-state index contributed by atoms with van der Waals surface area (Å²) >= 11 is 0. The van der Waals surface area contributed by atoms with Gasteiger partial charge in [-0.1, -0.05) is 41.0 Å². The Morgan fingerprint density at radius 2 is 0.862 bits per heavy atom. The van der Waals surface area contributed by atoms with Crippen LogP contribution < -0.4 is 0 Å². The van der Waals surface area contributed by atoms with Crippen molar-refractivity contribution in [3.8, 4) is 0 Å². The summed E-state index contributed by atoms with van der Waals surface area (Å²) in [6.07, 6.45) is 27.9. The predicted octanol–water partition coefficient (Wildman–Crippen LogP) is 16.2. The van der Waals surface area contributed by atoms with Gasteiger partial charge in [0.15, 0.2) is 19.3 Å². The van der Waals surface area contributed by atoms with E-state index in [2.05, 4.69) is 20.8 Å². The van der Waals surface area contributed by atoms with Gasteiger partial charge in [-0.15, -0.1) is 0 Å². The molecule has 0 saturated heterocycles. The second-order valence-electron chi connectivity index (χ2n) is 34.9. The van der Waals surface area contributed by atoms with Crippen LogP contribution in [-0.4, -0.2) is 96.1 Å². The highest BCUT2D eigenvalue weighted by Crippen LogP contribution is 2.71. The van der Waals surface area contributed by atoms with Crippen LogP contribution in [0, 0.1) is 105 Å². The number of carbonyl (C=O) groups is 8. The molecule has 0 radical (unpaired) electrons. The summed E-state index contributed by atoms with van der Waals surface area (Å²) in [6.45, 7) is 32.3. The quantitative estimate of drug-likeness (QED) is 0.0403. The normalized spacial score (nSPS) is 35.2. The first-order valence-corrected chi connectivity index (χ1v) is 37.6. The van der Waals surface area contributed by atoms with Crippen molar-refractivity contribution in [1.82, 2.24) is 0 Å². The van der Waals surface area contributed by atoms with Gasteiger partial charge in [-0.2, -0.15) is 0 Å². The van der Waals surface area contributed by atoms with Crippen LogP contribution in [-0.2, 0) is 76.3 Å². The van der Waals surface area contributed by atoms with E-state index >= 15 is 0 Å². The molecule has 0 aromatic heterocycles. The SMILES string of the molecule is CCC(C)(C)C(=O)OC(C)C(=O)OC1(C)C2CC3CC(C2)CC1C3.CCC(C)(C)C(=O)OCC(=O)OC1(C)CCCCC1.CCC(C)(C)C(=O)OCC(=O)OC1(CC)CC2CC1C1C3CCC(C3)C21.CCC(C)(C)C(=O)OCCCC(=O)OC1(C)C2CC3CC(C2)CC1C3. The molecule has 0 aromatic rings. The fraction of sp³-hybridized carbons (Fsp3) is 0.897. The molecule has 94 heavy (non-hydrogen) atoms. The molecular weight excluding hydrogens is 1190 g/mol. The number of hydrogen-bond donors (Lipinski definition) is 0. The number of fused-ring (bicyclic) bond motifs is 9. The zero-order valence-corrected chi connectivity index (χ0v) is 61.4. The number of rotatable bonds is 23. The predicted molar refractivity (Wildman–Crippen MR) is 358 cm³/mol. The zero-order chi connectivity index (χ0) is 69.1. The van der Waals surface area contributed by atoms with Crippen molar-refractivity contribution < 1.29 is 76.3 Å². The topological polar surface area (TPSA) is 210 Å². The van der Waals surface area contributed by atoms with Crippen molar-refractivity contribution in [3.05, 3.63) is 0 Å². The van der Waals surface area contributed by atoms with Gasteiger partial charge in [-0.25, -0.2) is 14.4 Å². The van der Waals surface area contributed by atoms with E-state index in [-0.39, 0.29) is 77.4 Å². The first kappa shape index (κ1) is 75.5. The van der Waals surface area contributed by atoms with Crippen molar-refractivity contribution >= 4 is 47.8 Å². The molecule has 0 aliphatic heterocycles. The van der Waals surface area contributed by atoms with Crippen molar-refractivity contribution in [1.29, 1.82) is 0 Å².